The Morgan fingerprint density at radius 3 is 2.81 bits per heavy atom. The highest BCUT2D eigenvalue weighted by molar-refractivity contribution is 5.79. The molecule has 1 saturated carbocycles. The third-order valence-corrected chi connectivity index (χ3v) is 4.31. The van der Waals surface area contributed by atoms with Crippen LogP contribution < -0.4 is 10.6 Å². The largest absolute Gasteiger partial charge is 0.381 e. The number of ether oxygens (including phenoxy) is 1. The third-order valence-electron chi connectivity index (χ3n) is 4.31. The van der Waals surface area contributed by atoms with Gasteiger partial charge in [-0.3, -0.25) is 4.99 Å². The van der Waals surface area contributed by atoms with Gasteiger partial charge in [-0.15, -0.1) is 0 Å². The fraction of sp³-hybridized carbons (Fsp3) is 0.938. The minimum atomic E-state index is 0.740. The second kappa shape index (κ2) is 9.26. The lowest BCUT2D eigenvalue weighted by atomic mass is 9.99. The third kappa shape index (κ3) is 7.14. The Balaban J connectivity index is 1.48. The number of nitrogens with one attached hydrogen (secondary N) is 2. The van der Waals surface area contributed by atoms with E-state index in [1.807, 2.05) is 7.05 Å². The van der Waals surface area contributed by atoms with Gasteiger partial charge in [-0.2, -0.15) is 0 Å². The topological polar surface area (TPSA) is 48.9 Å². The van der Waals surface area contributed by atoms with E-state index in [2.05, 4.69) is 27.6 Å². The minimum Gasteiger partial charge on any atom is -0.381 e. The molecule has 1 atom stereocenters. The second-order valence-corrected chi connectivity index (χ2v) is 6.52. The standard InChI is InChI=1S/C16H32N4O/c1-17-16(18-8-4-10-21-13-14-6-7-14)19-11-15-5-3-9-20(2)12-15/h14-15H,3-13H2,1-2H3,(H2,17,18,19). The number of hydrogen-bond acceptors (Lipinski definition) is 3. The molecule has 2 aliphatic rings. The van der Waals surface area contributed by atoms with E-state index >= 15 is 0 Å². The van der Waals surface area contributed by atoms with Crippen molar-refractivity contribution in [3.8, 4) is 0 Å². The zero-order chi connectivity index (χ0) is 14.9. The molecule has 1 unspecified atom stereocenters. The molecule has 2 fully saturated rings. The van der Waals surface area contributed by atoms with Crippen molar-refractivity contribution < 1.29 is 4.74 Å². The van der Waals surface area contributed by atoms with Gasteiger partial charge >= 0.3 is 0 Å². The molecule has 122 valence electrons. The van der Waals surface area contributed by atoms with Crippen molar-refractivity contribution in [1.29, 1.82) is 0 Å². The molecule has 5 heteroatoms. The van der Waals surface area contributed by atoms with Crippen LogP contribution in [0.2, 0.25) is 0 Å². The highest BCUT2D eigenvalue weighted by atomic mass is 16.5. The van der Waals surface area contributed by atoms with Gasteiger partial charge in [0.05, 0.1) is 0 Å². The molecule has 2 N–H and O–H groups in total. The Bertz CT molecular complexity index is 317. The van der Waals surface area contributed by atoms with E-state index in [0.29, 0.717) is 0 Å². The number of rotatable bonds is 8. The van der Waals surface area contributed by atoms with Crippen LogP contribution in [0.15, 0.2) is 4.99 Å². The van der Waals surface area contributed by atoms with E-state index in [4.69, 9.17) is 4.74 Å². The summed E-state index contributed by atoms with van der Waals surface area (Å²) < 4.78 is 5.63. The Morgan fingerprint density at radius 2 is 2.10 bits per heavy atom. The van der Waals surface area contributed by atoms with Crippen LogP contribution in [0.25, 0.3) is 0 Å². The Hall–Kier alpha value is -0.810. The normalized spacial score (nSPS) is 24.1. The summed E-state index contributed by atoms with van der Waals surface area (Å²) in [5.74, 6) is 2.52. The number of hydrogen-bond donors (Lipinski definition) is 2. The molecule has 0 bridgehead atoms. The monoisotopic (exact) mass is 296 g/mol. The molecule has 5 nitrogen and oxygen atoms in total. The molecule has 0 aromatic heterocycles. The lowest BCUT2D eigenvalue weighted by molar-refractivity contribution is 0.123. The van der Waals surface area contributed by atoms with Crippen LogP contribution in [0.5, 0.6) is 0 Å². The number of aliphatic imine (C=N–C) groups is 1. The van der Waals surface area contributed by atoms with Crippen molar-refractivity contribution in [1.82, 2.24) is 15.5 Å². The quantitative estimate of drug-likeness (QED) is 0.403. The number of nitrogens with zero attached hydrogens (tertiary/aromatic N) is 2. The van der Waals surface area contributed by atoms with E-state index in [1.54, 1.807) is 0 Å². The molecular formula is C16H32N4O. The molecule has 1 heterocycles. The molecule has 0 radical (unpaired) electrons. The van der Waals surface area contributed by atoms with Crippen molar-refractivity contribution in [2.45, 2.75) is 32.1 Å². The molecule has 0 spiro atoms. The Morgan fingerprint density at radius 1 is 1.24 bits per heavy atom. The van der Waals surface area contributed by atoms with E-state index in [1.165, 1.54) is 38.8 Å². The summed E-state index contributed by atoms with van der Waals surface area (Å²) in [6.07, 6.45) is 6.41. The van der Waals surface area contributed by atoms with Crippen molar-refractivity contribution in [2.75, 3.05) is 53.5 Å². The van der Waals surface area contributed by atoms with E-state index in [-0.39, 0.29) is 0 Å². The zero-order valence-electron chi connectivity index (χ0n) is 13.7. The fourth-order valence-corrected chi connectivity index (χ4v) is 2.82. The van der Waals surface area contributed by atoms with Crippen LogP contribution in [0.3, 0.4) is 0 Å². The van der Waals surface area contributed by atoms with Crippen molar-refractivity contribution in [2.24, 2.45) is 16.8 Å². The summed E-state index contributed by atoms with van der Waals surface area (Å²) >= 11 is 0. The summed E-state index contributed by atoms with van der Waals surface area (Å²) in [7, 11) is 4.05. The first-order valence-electron chi connectivity index (χ1n) is 8.48. The molecule has 0 aromatic carbocycles. The highest BCUT2D eigenvalue weighted by Gasteiger charge is 2.20. The van der Waals surface area contributed by atoms with Gasteiger partial charge < -0.3 is 20.3 Å². The van der Waals surface area contributed by atoms with Gasteiger partial charge in [0.1, 0.15) is 0 Å². The molecule has 0 aromatic rings. The maximum atomic E-state index is 5.63. The van der Waals surface area contributed by atoms with Crippen LogP contribution in [0.1, 0.15) is 32.1 Å². The first-order valence-corrected chi connectivity index (χ1v) is 8.48. The predicted octanol–water partition coefficient (Wildman–Crippen LogP) is 1.31. The van der Waals surface area contributed by atoms with Gasteiger partial charge in [0.2, 0.25) is 0 Å². The summed E-state index contributed by atoms with van der Waals surface area (Å²) in [4.78, 5) is 6.71. The molecule has 21 heavy (non-hydrogen) atoms. The van der Waals surface area contributed by atoms with Gasteiger partial charge in [0.15, 0.2) is 5.96 Å². The summed E-state index contributed by atoms with van der Waals surface area (Å²) in [5.41, 5.74) is 0. The summed E-state index contributed by atoms with van der Waals surface area (Å²) in [5, 5.41) is 6.82. The number of guanidine groups is 1. The van der Waals surface area contributed by atoms with Gasteiger partial charge in [0.25, 0.3) is 0 Å². The summed E-state index contributed by atoms with van der Waals surface area (Å²) in [6, 6.07) is 0. The Labute approximate surface area is 129 Å². The van der Waals surface area contributed by atoms with Crippen molar-refractivity contribution >= 4 is 5.96 Å². The molecule has 1 aliphatic heterocycles. The lowest BCUT2D eigenvalue weighted by Gasteiger charge is -2.30. The van der Waals surface area contributed by atoms with Gasteiger partial charge in [-0.1, -0.05) is 0 Å². The van der Waals surface area contributed by atoms with Crippen LogP contribution >= 0.6 is 0 Å². The summed E-state index contributed by atoms with van der Waals surface area (Å²) in [6.45, 7) is 6.19. The first-order chi connectivity index (χ1) is 10.3. The maximum absolute atomic E-state index is 5.63. The van der Waals surface area contributed by atoms with Crippen LogP contribution in [0, 0.1) is 11.8 Å². The molecule has 1 saturated heterocycles. The average molecular weight is 296 g/mol. The molecule has 2 rings (SSSR count). The molecule has 1 aliphatic carbocycles. The van der Waals surface area contributed by atoms with Gasteiger partial charge in [-0.05, 0) is 57.5 Å². The SMILES string of the molecule is CN=C(NCCCOCC1CC1)NCC1CCCN(C)C1. The van der Waals surface area contributed by atoms with E-state index < -0.39 is 0 Å². The zero-order valence-corrected chi connectivity index (χ0v) is 13.7. The van der Waals surface area contributed by atoms with E-state index in [0.717, 1.165) is 50.5 Å². The maximum Gasteiger partial charge on any atom is 0.190 e. The van der Waals surface area contributed by atoms with Crippen LogP contribution in [-0.4, -0.2) is 64.3 Å². The number of piperidine rings is 1. The number of likely N-dealkylation sites (tertiary alicyclic amines) is 1. The van der Waals surface area contributed by atoms with E-state index in [9.17, 15) is 0 Å². The first kappa shape index (κ1) is 16.6. The molecule has 0 amide bonds. The van der Waals surface area contributed by atoms with Gasteiger partial charge in [-0.25, -0.2) is 0 Å². The van der Waals surface area contributed by atoms with Crippen LogP contribution in [-0.2, 0) is 4.74 Å². The smallest absolute Gasteiger partial charge is 0.190 e. The minimum absolute atomic E-state index is 0.740. The Kier molecular flexibility index (Phi) is 7.30. The lowest BCUT2D eigenvalue weighted by Crippen LogP contribution is -2.43. The molecular weight excluding hydrogens is 264 g/mol. The van der Waals surface area contributed by atoms with Crippen molar-refractivity contribution in [3.05, 3.63) is 0 Å². The van der Waals surface area contributed by atoms with Gasteiger partial charge in [0, 0.05) is 39.9 Å². The predicted molar refractivity (Wildman–Crippen MR) is 87.7 cm³/mol. The van der Waals surface area contributed by atoms with Crippen LogP contribution in [0.4, 0.5) is 0 Å². The fourth-order valence-electron chi connectivity index (χ4n) is 2.82. The second-order valence-electron chi connectivity index (χ2n) is 6.52. The highest BCUT2D eigenvalue weighted by Crippen LogP contribution is 2.28. The van der Waals surface area contributed by atoms with Crippen molar-refractivity contribution in [3.63, 3.8) is 0 Å². The average Bonchev–Trinajstić information content (AvgIpc) is 3.30.